The fourth-order valence-corrected chi connectivity index (χ4v) is 4.22. The highest BCUT2D eigenvalue weighted by atomic mass is 19.1. The molecule has 1 aliphatic heterocycles. The van der Waals surface area contributed by atoms with E-state index in [1.165, 1.54) is 13.2 Å². The van der Waals surface area contributed by atoms with Crippen LogP contribution in [0.1, 0.15) is 33.7 Å². The molecule has 0 spiro atoms. The molecule has 9 heteroatoms. The van der Waals surface area contributed by atoms with Crippen molar-refractivity contribution in [3.8, 4) is 5.69 Å². The molecule has 1 fully saturated rings. The number of carbonyl (C=O) groups is 2. The minimum absolute atomic E-state index is 0.262. The number of hydrogen-bond donors (Lipinski definition) is 1. The normalized spacial score (nSPS) is 13.5. The summed E-state index contributed by atoms with van der Waals surface area (Å²) in [6.45, 7) is 6.26. The van der Waals surface area contributed by atoms with Gasteiger partial charge in [-0.2, -0.15) is 5.10 Å². The molecule has 1 N–H and O–H groups in total. The number of morpholine rings is 1. The SMILES string of the molecule is COC(=O)CCc1c(C)nn(-c2ccc(C(=O)Nc3ccc(N4CCOCC4)c(F)c3)cc2)c1C. The molecule has 3 aromatic rings. The summed E-state index contributed by atoms with van der Waals surface area (Å²) in [6.07, 6.45) is 0.836. The minimum atomic E-state index is -0.382. The van der Waals surface area contributed by atoms with E-state index in [0.29, 0.717) is 49.7 Å². The Bertz CT molecular complexity index is 1220. The van der Waals surface area contributed by atoms with Gasteiger partial charge in [0, 0.05) is 36.5 Å². The van der Waals surface area contributed by atoms with Crippen LogP contribution in [0.5, 0.6) is 0 Å². The van der Waals surface area contributed by atoms with Crippen molar-refractivity contribution in [2.45, 2.75) is 26.7 Å². The number of methoxy groups -OCH3 is 1. The van der Waals surface area contributed by atoms with Gasteiger partial charge in [-0.15, -0.1) is 0 Å². The van der Waals surface area contributed by atoms with E-state index in [-0.39, 0.29) is 24.1 Å². The average Bonchev–Trinajstić information content (AvgIpc) is 3.16. The number of halogens is 1. The monoisotopic (exact) mass is 480 g/mol. The summed E-state index contributed by atoms with van der Waals surface area (Å²) < 4.78 is 26.5. The minimum Gasteiger partial charge on any atom is -0.469 e. The molecule has 4 rings (SSSR count). The van der Waals surface area contributed by atoms with E-state index in [4.69, 9.17) is 9.47 Å². The Labute approximate surface area is 203 Å². The van der Waals surface area contributed by atoms with Crippen LogP contribution in [0.15, 0.2) is 42.5 Å². The average molecular weight is 481 g/mol. The number of anilines is 2. The summed E-state index contributed by atoms with van der Waals surface area (Å²) in [5.74, 6) is -0.975. The van der Waals surface area contributed by atoms with E-state index >= 15 is 0 Å². The van der Waals surface area contributed by atoms with E-state index in [1.54, 1.807) is 41.1 Å². The van der Waals surface area contributed by atoms with Crippen LogP contribution in [0.2, 0.25) is 0 Å². The number of aromatic nitrogens is 2. The zero-order valence-corrected chi connectivity index (χ0v) is 20.1. The van der Waals surface area contributed by atoms with Gasteiger partial charge in [0.15, 0.2) is 0 Å². The number of hydrogen-bond acceptors (Lipinski definition) is 6. The Balaban J connectivity index is 1.44. The molecule has 0 unspecified atom stereocenters. The molecule has 0 saturated carbocycles. The number of esters is 1. The first-order chi connectivity index (χ1) is 16.9. The number of carbonyl (C=O) groups excluding carboxylic acids is 2. The third-order valence-corrected chi connectivity index (χ3v) is 6.18. The first-order valence-electron chi connectivity index (χ1n) is 11.5. The molecule has 2 heterocycles. The Kier molecular flexibility index (Phi) is 7.45. The third-order valence-electron chi connectivity index (χ3n) is 6.18. The fraction of sp³-hybridized carbons (Fsp3) is 0.346. The summed E-state index contributed by atoms with van der Waals surface area (Å²) in [5, 5.41) is 7.35. The summed E-state index contributed by atoms with van der Waals surface area (Å²) in [5.41, 5.74) is 4.91. The van der Waals surface area contributed by atoms with Gasteiger partial charge in [0.1, 0.15) is 5.82 Å². The topological polar surface area (TPSA) is 85.7 Å². The molecular formula is C26H29FN4O4. The smallest absolute Gasteiger partial charge is 0.305 e. The molecular weight excluding hydrogens is 451 g/mol. The van der Waals surface area contributed by atoms with Gasteiger partial charge < -0.3 is 19.7 Å². The zero-order valence-electron chi connectivity index (χ0n) is 20.1. The molecule has 0 radical (unpaired) electrons. The lowest BCUT2D eigenvalue weighted by atomic mass is 10.1. The number of benzene rings is 2. The highest BCUT2D eigenvalue weighted by Crippen LogP contribution is 2.25. The van der Waals surface area contributed by atoms with Crippen LogP contribution in [0, 0.1) is 19.7 Å². The van der Waals surface area contributed by atoms with Crippen molar-refractivity contribution in [2.24, 2.45) is 0 Å². The van der Waals surface area contributed by atoms with Crippen molar-refractivity contribution in [1.82, 2.24) is 9.78 Å². The highest BCUT2D eigenvalue weighted by molar-refractivity contribution is 6.04. The van der Waals surface area contributed by atoms with E-state index in [2.05, 4.69) is 10.4 Å². The van der Waals surface area contributed by atoms with Crippen LogP contribution in [0.25, 0.3) is 5.69 Å². The van der Waals surface area contributed by atoms with E-state index < -0.39 is 0 Å². The predicted molar refractivity (Wildman–Crippen MR) is 131 cm³/mol. The molecule has 1 amide bonds. The molecule has 1 aliphatic rings. The maximum atomic E-state index is 14.7. The van der Waals surface area contributed by atoms with Gasteiger partial charge in [-0.05, 0) is 68.3 Å². The van der Waals surface area contributed by atoms with Gasteiger partial charge in [0.05, 0.1) is 37.4 Å². The van der Waals surface area contributed by atoms with Crippen molar-refractivity contribution in [3.05, 3.63) is 70.8 Å². The van der Waals surface area contributed by atoms with Crippen LogP contribution >= 0.6 is 0 Å². The standard InChI is InChI=1S/C26H29FN4O4/c1-17-22(9-11-25(32)34-3)18(2)31(29-17)21-7-4-19(5-8-21)26(33)28-20-6-10-24(23(27)16-20)30-12-14-35-15-13-30/h4-8,10,16H,9,11-15H2,1-3H3,(H,28,33). The maximum Gasteiger partial charge on any atom is 0.305 e. The van der Waals surface area contributed by atoms with Crippen molar-refractivity contribution in [2.75, 3.05) is 43.6 Å². The van der Waals surface area contributed by atoms with Crippen LogP contribution in [-0.4, -0.2) is 55.1 Å². The van der Waals surface area contributed by atoms with Gasteiger partial charge >= 0.3 is 5.97 Å². The Morgan fingerprint density at radius 3 is 2.49 bits per heavy atom. The van der Waals surface area contributed by atoms with E-state index in [0.717, 1.165) is 22.6 Å². The number of aryl methyl sites for hydroxylation is 1. The summed E-state index contributed by atoms with van der Waals surface area (Å²) >= 11 is 0. The molecule has 1 aromatic heterocycles. The van der Waals surface area contributed by atoms with Crippen molar-refractivity contribution in [1.29, 1.82) is 0 Å². The second-order valence-corrected chi connectivity index (χ2v) is 8.40. The largest absolute Gasteiger partial charge is 0.469 e. The molecule has 0 aliphatic carbocycles. The molecule has 0 bridgehead atoms. The zero-order chi connectivity index (χ0) is 24.9. The molecule has 1 saturated heterocycles. The lowest BCUT2D eigenvalue weighted by Crippen LogP contribution is -2.36. The van der Waals surface area contributed by atoms with Crippen LogP contribution < -0.4 is 10.2 Å². The number of nitrogens with one attached hydrogen (secondary N) is 1. The van der Waals surface area contributed by atoms with Crippen LogP contribution in [0.3, 0.4) is 0 Å². The summed E-state index contributed by atoms with van der Waals surface area (Å²) in [4.78, 5) is 26.2. The van der Waals surface area contributed by atoms with Gasteiger partial charge in [-0.25, -0.2) is 9.07 Å². The van der Waals surface area contributed by atoms with Crippen LogP contribution in [-0.2, 0) is 20.7 Å². The Hall–Kier alpha value is -3.72. The summed E-state index contributed by atoms with van der Waals surface area (Å²) in [6, 6.07) is 11.7. The van der Waals surface area contributed by atoms with E-state index in [1.807, 2.05) is 18.7 Å². The molecule has 2 aromatic carbocycles. The first kappa shape index (κ1) is 24.4. The number of ether oxygens (including phenoxy) is 2. The lowest BCUT2D eigenvalue weighted by Gasteiger charge is -2.29. The number of rotatable bonds is 7. The maximum absolute atomic E-state index is 14.7. The molecule has 0 atom stereocenters. The lowest BCUT2D eigenvalue weighted by molar-refractivity contribution is -0.140. The van der Waals surface area contributed by atoms with Gasteiger partial charge in [0.25, 0.3) is 5.91 Å². The van der Waals surface area contributed by atoms with Crippen molar-refractivity contribution >= 4 is 23.3 Å². The first-order valence-corrected chi connectivity index (χ1v) is 11.5. The summed E-state index contributed by atoms with van der Waals surface area (Å²) in [7, 11) is 1.38. The Morgan fingerprint density at radius 2 is 1.83 bits per heavy atom. The van der Waals surface area contributed by atoms with Crippen molar-refractivity contribution in [3.63, 3.8) is 0 Å². The number of nitrogens with zero attached hydrogens (tertiary/aromatic N) is 3. The van der Waals surface area contributed by atoms with Gasteiger partial charge in [-0.1, -0.05) is 0 Å². The van der Waals surface area contributed by atoms with Crippen LogP contribution in [0.4, 0.5) is 15.8 Å². The molecule has 184 valence electrons. The Morgan fingerprint density at radius 1 is 1.11 bits per heavy atom. The third kappa shape index (κ3) is 5.51. The second kappa shape index (κ2) is 10.7. The highest BCUT2D eigenvalue weighted by Gasteiger charge is 2.17. The predicted octanol–water partition coefficient (Wildman–Crippen LogP) is 3.82. The molecule has 35 heavy (non-hydrogen) atoms. The quantitative estimate of drug-likeness (QED) is 0.518. The second-order valence-electron chi connectivity index (χ2n) is 8.40. The van der Waals surface area contributed by atoms with Crippen molar-refractivity contribution < 1.29 is 23.5 Å². The molecule has 8 nitrogen and oxygen atoms in total. The number of amides is 1. The van der Waals surface area contributed by atoms with Gasteiger partial charge in [-0.3, -0.25) is 9.59 Å². The fourth-order valence-electron chi connectivity index (χ4n) is 4.22. The van der Waals surface area contributed by atoms with E-state index in [9.17, 15) is 14.0 Å². The van der Waals surface area contributed by atoms with Gasteiger partial charge in [0.2, 0.25) is 0 Å².